The van der Waals surface area contributed by atoms with Gasteiger partial charge in [0.15, 0.2) is 0 Å². The van der Waals surface area contributed by atoms with Gasteiger partial charge in [0, 0.05) is 19.4 Å². The number of aryl methyl sites for hydroxylation is 2. The minimum Gasteiger partial charge on any atom is -0.481 e. The predicted octanol–water partition coefficient (Wildman–Crippen LogP) is 5.59. The number of carbonyl (C=O) groups is 2. The van der Waals surface area contributed by atoms with Gasteiger partial charge in [-0.05, 0) is 67.0 Å². The maximum absolute atomic E-state index is 12.3. The Kier molecular flexibility index (Phi) is 8.84. The van der Waals surface area contributed by atoms with Crippen LogP contribution in [-0.2, 0) is 9.59 Å². The SMILES string of the molecule is Cc1ccccc1-c1cc(C(O)C=CC2CCC(=O)N2CCCCCCC(=O)O)ccc1C. The number of aliphatic hydroxyl groups excluding tert-OH is 1. The summed E-state index contributed by atoms with van der Waals surface area (Å²) >= 11 is 0. The van der Waals surface area contributed by atoms with Gasteiger partial charge in [-0.3, -0.25) is 9.59 Å². The smallest absolute Gasteiger partial charge is 0.303 e. The third-order valence-electron chi connectivity index (χ3n) is 6.47. The van der Waals surface area contributed by atoms with Crippen LogP contribution in [0.5, 0.6) is 0 Å². The van der Waals surface area contributed by atoms with E-state index < -0.39 is 12.1 Å². The summed E-state index contributed by atoms with van der Waals surface area (Å²) < 4.78 is 0. The standard InChI is InChI=1S/C28H35NO4/c1-20-9-6-7-10-24(20)25-19-22(13-12-21(25)2)26(30)16-14-23-15-17-27(31)29(23)18-8-4-3-5-11-28(32)33/h6-7,9-10,12-14,16,19,23,26,30H,3-5,8,11,15,17-18H2,1-2H3,(H,32,33). The molecular weight excluding hydrogens is 414 g/mol. The Hall–Kier alpha value is -2.92. The van der Waals surface area contributed by atoms with E-state index in [1.807, 2.05) is 35.2 Å². The predicted molar refractivity (Wildman–Crippen MR) is 131 cm³/mol. The Morgan fingerprint density at radius 2 is 1.79 bits per heavy atom. The monoisotopic (exact) mass is 449 g/mol. The summed E-state index contributed by atoms with van der Waals surface area (Å²) in [5.41, 5.74) is 5.50. The normalized spacial score (nSPS) is 17.1. The molecule has 0 aliphatic carbocycles. The van der Waals surface area contributed by atoms with Gasteiger partial charge in [0.05, 0.1) is 12.1 Å². The molecule has 1 heterocycles. The second-order valence-electron chi connectivity index (χ2n) is 8.97. The lowest BCUT2D eigenvalue weighted by atomic mass is 9.93. The molecule has 2 atom stereocenters. The van der Waals surface area contributed by atoms with Gasteiger partial charge in [-0.15, -0.1) is 0 Å². The second-order valence-corrected chi connectivity index (χ2v) is 8.97. The molecule has 176 valence electrons. The first-order valence-corrected chi connectivity index (χ1v) is 11.9. The first-order valence-electron chi connectivity index (χ1n) is 11.9. The number of nitrogens with zero attached hydrogens (tertiary/aromatic N) is 1. The van der Waals surface area contributed by atoms with E-state index in [2.05, 4.69) is 32.0 Å². The Labute approximate surface area is 196 Å². The van der Waals surface area contributed by atoms with Gasteiger partial charge in [-0.1, -0.05) is 61.4 Å². The lowest BCUT2D eigenvalue weighted by Gasteiger charge is -2.23. The lowest BCUT2D eigenvalue weighted by Crippen LogP contribution is -2.32. The highest BCUT2D eigenvalue weighted by molar-refractivity contribution is 5.79. The first-order chi connectivity index (χ1) is 15.9. The summed E-state index contributed by atoms with van der Waals surface area (Å²) in [6.07, 6.45) is 7.87. The van der Waals surface area contributed by atoms with E-state index in [0.717, 1.165) is 36.8 Å². The molecule has 1 saturated heterocycles. The third kappa shape index (κ3) is 6.78. The zero-order valence-electron chi connectivity index (χ0n) is 19.7. The summed E-state index contributed by atoms with van der Waals surface area (Å²) in [6.45, 7) is 4.85. The molecule has 5 nitrogen and oxygen atoms in total. The van der Waals surface area contributed by atoms with Crippen LogP contribution in [0.4, 0.5) is 0 Å². The zero-order chi connectivity index (χ0) is 23.8. The van der Waals surface area contributed by atoms with Gasteiger partial charge in [0.25, 0.3) is 0 Å². The summed E-state index contributed by atoms with van der Waals surface area (Å²) in [4.78, 5) is 24.8. The van der Waals surface area contributed by atoms with Crippen LogP contribution in [0.25, 0.3) is 11.1 Å². The molecule has 1 amide bonds. The fourth-order valence-corrected chi connectivity index (χ4v) is 4.49. The van der Waals surface area contributed by atoms with Crippen molar-refractivity contribution in [1.82, 2.24) is 4.90 Å². The number of amides is 1. The number of aliphatic carboxylic acids is 1. The number of likely N-dealkylation sites (tertiary alicyclic amines) is 1. The van der Waals surface area contributed by atoms with E-state index in [9.17, 15) is 14.7 Å². The number of carboxylic acids is 1. The molecule has 33 heavy (non-hydrogen) atoms. The average Bonchev–Trinajstić information content (AvgIpc) is 3.14. The van der Waals surface area contributed by atoms with Gasteiger partial charge in [0.1, 0.15) is 0 Å². The first kappa shape index (κ1) is 24.7. The number of rotatable bonds is 11. The Morgan fingerprint density at radius 3 is 2.55 bits per heavy atom. The molecule has 0 saturated carbocycles. The zero-order valence-corrected chi connectivity index (χ0v) is 19.7. The van der Waals surface area contributed by atoms with Crippen LogP contribution in [0.15, 0.2) is 54.6 Å². The van der Waals surface area contributed by atoms with Crippen LogP contribution in [0.2, 0.25) is 0 Å². The molecule has 2 unspecified atom stereocenters. The van der Waals surface area contributed by atoms with Crippen molar-refractivity contribution < 1.29 is 19.8 Å². The highest BCUT2D eigenvalue weighted by atomic mass is 16.4. The maximum Gasteiger partial charge on any atom is 0.303 e. The van der Waals surface area contributed by atoms with Crippen molar-refractivity contribution in [3.63, 3.8) is 0 Å². The molecule has 1 aliphatic rings. The van der Waals surface area contributed by atoms with Crippen molar-refractivity contribution in [1.29, 1.82) is 0 Å². The number of aliphatic hydroxyl groups is 1. The van der Waals surface area contributed by atoms with Crippen molar-refractivity contribution in [3.8, 4) is 11.1 Å². The molecule has 0 radical (unpaired) electrons. The molecule has 3 rings (SSSR count). The van der Waals surface area contributed by atoms with E-state index in [0.29, 0.717) is 19.4 Å². The summed E-state index contributed by atoms with van der Waals surface area (Å²) in [6, 6.07) is 14.3. The maximum atomic E-state index is 12.3. The van der Waals surface area contributed by atoms with Crippen molar-refractivity contribution in [2.24, 2.45) is 0 Å². The molecule has 1 aliphatic heterocycles. The molecule has 2 aromatic carbocycles. The quantitative estimate of drug-likeness (QED) is 0.346. The fourth-order valence-electron chi connectivity index (χ4n) is 4.49. The molecule has 1 fully saturated rings. The van der Waals surface area contributed by atoms with Gasteiger partial charge >= 0.3 is 5.97 Å². The molecule has 5 heteroatoms. The van der Waals surface area contributed by atoms with Crippen molar-refractivity contribution in [2.75, 3.05) is 6.54 Å². The van der Waals surface area contributed by atoms with E-state index in [4.69, 9.17) is 5.11 Å². The third-order valence-corrected chi connectivity index (χ3v) is 6.47. The summed E-state index contributed by atoms with van der Waals surface area (Å²) in [5.74, 6) is -0.602. The summed E-state index contributed by atoms with van der Waals surface area (Å²) in [5, 5.41) is 19.6. The number of unbranched alkanes of at least 4 members (excludes halogenated alkanes) is 3. The van der Waals surface area contributed by atoms with Crippen LogP contribution in [0, 0.1) is 13.8 Å². The lowest BCUT2D eigenvalue weighted by molar-refractivity contribution is -0.137. The average molecular weight is 450 g/mol. The van der Waals surface area contributed by atoms with Crippen molar-refractivity contribution in [2.45, 2.75) is 70.9 Å². The Bertz CT molecular complexity index is 997. The highest BCUT2D eigenvalue weighted by Crippen LogP contribution is 2.30. The number of benzene rings is 2. The fraction of sp³-hybridized carbons (Fsp3) is 0.429. The summed E-state index contributed by atoms with van der Waals surface area (Å²) in [7, 11) is 0. The Morgan fingerprint density at radius 1 is 1.06 bits per heavy atom. The minimum atomic E-state index is -0.756. The number of carboxylic acid groups (broad SMARTS) is 1. The molecule has 2 N–H and O–H groups in total. The molecule has 0 aromatic heterocycles. The molecule has 0 spiro atoms. The van der Waals surface area contributed by atoms with Crippen molar-refractivity contribution >= 4 is 11.9 Å². The van der Waals surface area contributed by atoms with E-state index in [1.54, 1.807) is 6.08 Å². The molecular formula is C28H35NO4. The second kappa shape index (κ2) is 11.8. The van der Waals surface area contributed by atoms with Crippen LogP contribution < -0.4 is 0 Å². The minimum absolute atomic E-state index is 0.00690. The number of carbonyl (C=O) groups excluding carboxylic acids is 1. The van der Waals surface area contributed by atoms with Crippen molar-refractivity contribution in [3.05, 3.63) is 71.3 Å². The van der Waals surface area contributed by atoms with Crippen LogP contribution in [-0.4, -0.2) is 39.6 Å². The van der Waals surface area contributed by atoms with E-state index in [1.165, 1.54) is 16.7 Å². The molecule has 0 bridgehead atoms. The van der Waals surface area contributed by atoms with Crippen LogP contribution in [0.1, 0.15) is 67.7 Å². The van der Waals surface area contributed by atoms with E-state index >= 15 is 0 Å². The van der Waals surface area contributed by atoms with E-state index in [-0.39, 0.29) is 18.4 Å². The van der Waals surface area contributed by atoms with Crippen LogP contribution >= 0.6 is 0 Å². The van der Waals surface area contributed by atoms with Crippen LogP contribution in [0.3, 0.4) is 0 Å². The topological polar surface area (TPSA) is 77.8 Å². The number of hydrogen-bond acceptors (Lipinski definition) is 3. The Balaban J connectivity index is 1.61. The number of hydrogen-bond donors (Lipinski definition) is 2. The molecule has 2 aromatic rings. The largest absolute Gasteiger partial charge is 0.481 e. The highest BCUT2D eigenvalue weighted by Gasteiger charge is 2.28. The van der Waals surface area contributed by atoms with Gasteiger partial charge < -0.3 is 15.1 Å². The van der Waals surface area contributed by atoms with Gasteiger partial charge in [-0.2, -0.15) is 0 Å². The van der Waals surface area contributed by atoms with Gasteiger partial charge in [-0.25, -0.2) is 0 Å². The van der Waals surface area contributed by atoms with Gasteiger partial charge in [0.2, 0.25) is 5.91 Å².